The van der Waals surface area contributed by atoms with Gasteiger partial charge in [-0.15, -0.1) is 0 Å². The number of carbonyl (C=O) groups excluding carboxylic acids is 1. The van der Waals surface area contributed by atoms with E-state index >= 15 is 0 Å². The summed E-state index contributed by atoms with van der Waals surface area (Å²) in [6.45, 7) is 0.656. The van der Waals surface area contributed by atoms with Crippen LogP contribution in [0.25, 0.3) is 11.3 Å². The van der Waals surface area contributed by atoms with E-state index in [4.69, 9.17) is 4.42 Å². The van der Waals surface area contributed by atoms with E-state index in [1.165, 1.54) is 35.9 Å². The number of nitrogens with one attached hydrogen (secondary N) is 1. The molecule has 4 nitrogen and oxygen atoms in total. The molecule has 28 heavy (non-hydrogen) atoms. The Morgan fingerprint density at radius 3 is 2.57 bits per heavy atom. The number of halogens is 1. The van der Waals surface area contributed by atoms with E-state index < -0.39 is 0 Å². The molecule has 1 saturated carbocycles. The van der Waals surface area contributed by atoms with Gasteiger partial charge in [0.05, 0.1) is 11.9 Å². The highest BCUT2D eigenvalue weighted by molar-refractivity contribution is 7.99. The molecule has 1 amide bonds. The maximum Gasteiger partial charge on any atom is 0.256 e. The lowest BCUT2D eigenvalue weighted by molar-refractivity contribution is -0.119. The fourth-order valence-corrected chi connectivity index (χ4v) is 4.11. The summed E-state index contributed by atoms with van der Waals surface area (Å²) >= 11 is 1.26. The third-order valence-electron chi connectivity index (χ3n) is 5.26. The minimum Gasteiger partial charge on any atom is -0.431 e. The largest absolute Gasteiger partial charge is 0.431 e. The first-order valence-corrected chi connectivity index (χ1v) is 10.3. The number of aromatic nitrogens is 1. The topological polar surface area (TPSA) is 55.1 Å². The maximum atomic E-state index is 13.0. The Morgan fingerprint density at radius 2 is 1.89 bits per heavy atom. The zero-order chi connectivity index (χ0) is 19.4. The van der Waals surface area contributed by atoms with Gasteiger partial charge in [0.15, 0.2) is 5.76 Å². The van der Waals surface area contributed by atoms with Gasteiger partial charge in [-0.1, -0.05) is 48.5 Å². The Balaban J connectivity index is 1.30. The van der Waals surface area contributed by atoms with Crippen molar-refractivity contribution in [2.24, 2.45) is 0 Å². The summed E-state index contributed by atoms with van der Waals surface area (Å²) in [4.78, 5) is 16.5. The van der Waals surface area contributed by atoms with Crippen LogP contribution < -0.4 is 5.32 Å². The number of oxazole rings is 1. The molecular weight excluding hydrogens is 375 g/mol. The second-order valence-electron chi connectivity index (χ2n) is 7.06. The standard InChI is InChI=1S/C22H21FN2O2S/c23-18-9-7-16(8-10-18)19-13-24-21(27-19)28-14-20(26)25-15-22(11-4-12-22)17-5-2-1-3-6-17/h1-3,5-10,13H,4,11-12,14-15H2,(H,25,26). The van der Waals surface area contributed by atoms with E-state index in [1.54, 1.807) is 18.3 Å². The van der Waals surface area contributed by atoms with Crippen LogP contribution in [0.1, 0.15) is 24.8 Å². The number of rotatable bonds is 7. The Bertz CT molecular complexity index is 937. The van der Waals surface area contributed by atoms with E-state index in [0.717, 1.165) is 18.4 Å². The minimum absolute atomic E-state index is 0.0336. The molecule has 1 aromatic heterocycles. The molecular formula is C22H21FN2O2S. The molecule has 0 aliphatic heterocycles. The van der Waals surface area contributed by atoms with E-state index in [9.17, 15) is 9.18 Å². The van der Waals surface area contributed by atoms with Gasteiger partial charge >= 0.3 is 0 Å². The smallest absolute Gasteiger partial charge is 0.256 e. The minimum atomic E-state index is -0.297. The van der Waals surface area contributed by atoms with Crippen LogP contribution in [0.4, 0.5) is 4.39 Å². The van der Waals surface area contributed by atoms with Gasteiger partial charge in [-0.3, -0.25) is 4.79 Å². The Kier molecular flexibility index (Phi) is 5.48. The maximum absolute atomic E-state index is 13.0. The van der Waals surface area contributed by atoms with Crippen LogP contribution in [0, 0.1) is 5.82 Å². The molecule has 3 aromatic rings. The molecule has 2 aromatic carbocycles. The lowest BCUT2D eigenvalue weighted by Gasteiger charge is -2.42. The second-order valence-corrected chi connectivity index (χ2v) is 7.99. The summed E-state index contributed by atoms with van der Waals surface area (Å²) in [5.41, 5.74) is 2.12. The fourth-order valence-electron chi connectivity index (χ4n) is 3.48. The van der Waals surface area contributed by atoms with Crippen LogP contribution in [0.5, 0.6) is 0 Å². The van der Waals surface area contributed by atoms with Gasteiger partial charge in [-0.2, -0.15) is 0 Å². The molecule has 1 aliphatic carbocycles. The van der Waals surface area contributed by atoms with Crippen LogP contribution in [0.3, 0.4) is 0 Å². The molecule has 0 radical (unpaired) electrons. The van der Waals surface area contributed by atoms with Crippen molar-refractivity contribution in [1.29, 1.82) is 0 Å². The molecule has 0 atom stereocenters. The van der Waals surface area contributed by atoms with Crippen LogP contribution in [-0.4, -0.2) is 23.2 Å². The zero-order valence-corrected chi connectivity index (χ0v) is 16.2. The van der Waals surface area contributed by atoms with Crippen LogP contribution in [0.15, 0.2) is 70.4 Å². The predicted octanol–water partition coefficient (Wildman–Crippen LogP) is 4.81. The first-order valence-electron chi connectivity index (χ1n) is 9.31. The Morgan fingerprint density at radius 1 is 1.14 bits per heavy atom. The highest BCUT2D eigenvalue weighted by atomic mass is 32.2. The number of thioether (sulfide) groups is 1. The number of hydrogen-bond acceptors (Lipinski definition) is 4. The van der Waals surface area contributed by atoms with Crippen molar-refractivity contribution in [3.05, 3.63) is 72.2 Å². The summed E-state index contributed by atoms with van der Waals surface area (Å²) in [5, 5.41) is 3.49. The van der Waals surface area contributed by atoms with Crippen molar-refractivity contribution in [1.82, 2.24) is 10.3 Å². The molecule has 0 unspecified atom stereocenters. The first kappa shape index (κ1) is 18.7. The average molecular weight is 396 g/mol. The lowest BCUT2D eigenvalue weighted by atomic mass is 9.64. The van der Waals surface area contributed by atoms with Crippen molar-refractivity contribution in [3.63, 3.8) is 0 Å². The predicted molar refractivity (Wildman–Crippen MR) is 108 cm³/mol. The number of nitrogens with zero attached hydrogens (tertiary/aromatic N) is 1. The van der Waals surface area contributed by atoms with Crippen LogP contribution in [0.2, 0.25) is 0 Å². The van der Waals surface area contributed by atoms with Gasteiger partial charge in [0.1, 0.15) is 5.82 Å². The highest BCUT2D eigenvalue weighted by Gasteiger charge is 2.38. The quantitative estimate of drug-likeness (QED) is 0.582. The van der Waals surface area contributed by atoms with E-state index in [-0.39, 0.29) is 22.9 Å². The van der Waals surface area contributed by atoms with Crippen molar-refractivity contribution in [2.75, 3.05) is 12.3 Å². The van der Waals surface area contributed by atoms with Crippen molar-refractivity contribution < 1.29 is 13.6 Å². The summed E-state index contributed by atoms with van der Waals surface area (Å²) < 4.78 is 18.7. The summed E-state index contributed by atoms with van der Waals surface area (Å²) in [6, 6.07) is 16.4. The van der Waals surface area contributed by atoms with Crippen molar-refractivity contribution in [3.8, 4) is 11.3 Å². The van der Waals surface area contributed by atoms with Gasteiger partial charge in [-0.05, 0) is 42.7 Å². The molecule has 1 fully saturated rings. The summed E-state index contributed by atoms with van der Waals surface area (Å²) in [7, 11) is 0. The van der Waals surface area contributed by atoms with Gasteiger partial charge in [0.2, 0.25) is 5.91 Å². The third-order valence-corrected chi connectivity index (χ3v) is 6.10. The number of carbonyl (C=O) groups is 1. The monoisotopic (exact) mass is 396 g/mol. The molecule has 1 N–H and O–H groups in total. The summed E-state index contributed by atoms with van der Waals surface area (Å²) in [5.74, 6) is 0.470. The highest BCUT2D eigenvalue weighted by Crippen LogP contribution is 2.43. The molecule has 144 valence electrons. The van der Waals surface area contributed by atoms with Gasteiger partial charge in [0.25, 0.3) is 5.22 Å². The van der Waals surface area contributed by atoms with Crippen LogP contribution >= 0.6 is 11.8 Å². The average Bonchev–Trinajstić information content (AvgIpc) is 3.16. The fraction of sp³-hybridized carbons (Fsp3) is 0.273. The molecule has 0 saturated heterocycles. The Hall–Kier alpha value is -2.60. The molecule has 1 aliphatic rings. The van der Waals surface area contributed by atoms with E-state index in [1.807, 2.05) is 18.2 Å². The van der Waals surface area contributed by atoms with Gasteiger partial charge in [0, 0.05) is 17.5 Å². The van der Waals surface area contributed by atoms with Crippen molar-refractivity contribution in [2.45, 2.75) is 29.9 Å². The molecule has 1 heterocycles. The SMILES string of the molecule is O=C(CSc1ncc(-c2ccc(F)cc2)o1)NCC1(c2ccccc2)CCC1. The van der Waals surface area contributed by atoms with Crippen molar-refractivity contribution >= 4 is 17.7 Å². The number of amides is 1. The van der Waals surface area contributed by atoms with Gasteiger partial charge in [-0.25, -0.2) is 9.37 Å². The lowest BCUT2D eigenvalue weighted by Crippen LogP contribution is -2.46. The second kappa shape index (κ2) is 8.19. The zero-order valence-electron chi connectivity index (χ0n) is 15.4. The normalized spacial score (nSPS) is 15.0. The third kappa shape index (κ3) is 4.12. The number of hydrogen-bond donors (Lipinski definition) is 1. The van der Waals surface area contributed by atoms with E-state index in [2.05, 4.69) is 22.4 Å². The van der Waals surface area contributed by atoms with E-state index in [0.29, 0.717) is 17.5 Å². The Labute approximate surface area is 167 Å². The first-order chi connectivity index (χ1) is 13.6. The number of benzene rings is 2. The molecule has 0 bridgehead atoms. The van der Waals surface area contributed by atoms with Gasteiger partial charge < -0.3 is 9.73 Å². The summed E-state index contributed by atoms with van der Waals surface area (Å²) in [6.07, 6.45) is 4.99. The molecule has 4 rings (SSSR count). The van der Waals surface area contributed by atoms with Crippen LogP contribution in [-0.2, 0) is 10.2 Å². The molecule has 6 heteroatoms. The molecule has 0 spiro atoms.